The van der Waals surface area contributed by atoms with Crippen molar-refractivity contribution < 1.29 is 0 Å². The first kappa shape index (κ1) is 15.5. The number of nitrogens with one attached hydrogen (secondary N) is 1. The largest absolute Gasteiger partial charge is 0.312 e. The number of pyridine rings is 1. The number of hydrogen-bond acceptors (Lipinski definition) is 3. The van der Waals surface area contributed by atoms with E-state index in [1.165, 1.54) is 31.6 Å². The predicted molar refractivity (Wildman–Crippen MR) is 84.7 cm³/mol. The van der Waals surface area contributed by atoms with Gasteiger partial charge in [0.05, 0.1) is 5.69 Å². The number of piperidine rings is 1. The van der Waals surface area contributed by atoms with Gasteiger partial charge in [-0.1, -0.05) is 6.07 Å². The van der Waals surface area contributed by atoms with E-state index in [-0.39, 0.29) is 5.54 Å². The topological polar surface area (TPSA) is 28.2 Å². The van der Waals surface area contributed by atoms with Gasteiger partial charge >= 0.3 is 0 Å². The molecule has 3 heteroatoms. The number of hydrogen-bond donors (Lipinski definition) is 1. The molecule has 2 heterocycles. The van der Waals surface area contributed by atoms with Gasteiger partial charge in [-0.2, -0.15) is 0 Å². The maximum absolute atomic E-state index is 4.60. The number of nitrogens with zero attached hydrogens (tertiary/aromatic N) is 2. The summed E-state index contributed by atoms with van der Waals surface area (Å²) in [6.45, 7) is 13.3. The fourth-order valence-corrected chi connectivity index (χ4v) is 2.72. The maximum atomic E-state index is 4.60. The van der Waals surface area contributed by atoms with Gasteiger partial charge < -0.3 is 5.32 Å². The molecule has 0 spiro atoms. The molecule has 1 aliphatic rings. The minimum absolute atomic E-state index is 0.239. The van der Waals surface area contributed by atoms with Crippen LogP contribution in [0.4, 0.5) is 0 Å². The molecule has 20 heavy (non-hydrogen) atoms. The molecule has 2 rings (SSSR count). The minimum atomic E-state index is 0.239. The van der Waals surface area contributed by atoms with E-state index in [1.807, 2.05) is 0 Å². The summed E-state index contributed by atoms with van der Waals surface area (Å²) in [4.78, 5) is 7.14. The van der Waals surface area contributed by atoms with Crippen LogP contribution in [0.5, 0.6) is 0 Å². The van der Waals surface area contributed by atoms with Gasteiger partial charge in [0.2, 0.25) is 0 Å². The molecule has 0 radical (unpaired) electrons. The second kappa shape index (κ2) is 6.68. The SMILES string of the molecule is Cc1cccc(CN2CCC(CNC(C)(C)C)CC2)n1. The van der Waals surface area contributed by atoms with Crippen molar-refractivity contribution in [3.05, 3.63) is 29.6 Å². The van der Waals surface area contributed by atoms with Crippen molar-refractivity contribution in [3.63, 3.8) is 0 Å². The van der Waals surface area contributed by atoms with Crippen LogP contribution in [0.3, 0.4) is 0 Å². The monoisotopic (exact) mass is 275 g/mol. The second-order valence-corrected chi connectivity index (χ2v) is 7.12. The first-order valence-corrected chi connectivity index (χ1v) is 7.82. The molecule has 3 nitrogen and oxygen atoms in total. The van der Waals surface area contributed by atoms with Crippen molar-refractivity contribution in [2.75, 3.05) is 19.6 Å². The highest BCUT2D eigenvalue weighted by atomic mass is 15.1. The van der Waals surface area contributed by atoms with E-state index in [4.69, 9.17) is 0 Å². The van der Waals surface area contributed by atoms with Crippen LogP contribution in [0.2, 0.25) is 0 Å². The fraction of sp³-hybridized carbons (Fsp3) is 0.706. The molecule has 1 saturated heterocycles. The smallest absolute Gasteiger partial charge is 0.0547 e. The lowest BCUT2D eigenvalue weighted by Gasteiger charge is -2.33. The van der Waals surface area contributed by atoms with Gasteiger partial charge in [0.1, 0.15) is 0 Å². The van der Waals surface area contributed by atoms with E-state index < -0.39 is 0 Å². The lowest BCUT2D eigenvalue weighted by molar-refractivity contribution is 0.168. The molecular formula is C17H29N3. The van der Waals surface area contributed by atoms with Gasteiger partial charge in [-0.15, -0.1) is 0 Å². The van der Waals surface area contributed by atoms with Crippen LogP contribution < -0.4 is 5.32 Å². The highest BCUT2D eigenvalue weighted by Crippen LogP contribution is 2.18. The van der Waals surface area contributed by atoms with E-state index in [0.29, 0.717) is 0 Å². The van der Waals surface area contributed by atoms with Crippen LogP contribution in [-0.2, 0) is 6.54 Å². The van der Waals surface area contributed by atoms with Crippen LogP contribution in [0.25, 0.3) is 0 Å². The summed E-state index contributed by atoms with van der Waals surface area (Å²) in [5.41, 5.74) is 2.56. The van der Waals surface area contributed by atoms with Crippen LogP contribution in [0, 0.1) is 12.8 Å². The summed E-state index contributed by atoms with van der Waals surface area (Å²) in [5, 5.41) is 3.63. The quantitative estimate of drug-likeness (QED) is 0.915. The van der Waals surface area contributed by atoms with Gasteiger partial charge in [-0.3, -0.25) is 9.88 Å². The van der Waals surface area contributed by atoms with E-state index in [1.54, 1.807) is 0 Å². The summed E-state index contributed by atoms with van der Waals surface area (Å²) in [6.07, 6.45) is 2.60. The second-order valence-electron chi connectivity index (χ2n) is 7.12. The summed E-state index contributed by atoms with van der Waals surface area (Å²) in [6, 6.07) is 6.31. The number of likely N-dealkylation sites (tertiary alicyclic amines) is 1. The molecule has 1 aliphatic heterocycles. The number of aryl methyl sites for hydroxylation is 1. The highest BCUT2D eigenvalue weighted by molar-refractivity contribution is 5.09. The van der Waals surface area contributed by atoms with E-state index in [2.05, 4.69) is 61.1 Å². The van der Waals surface area contributed by atoms with Gasteiger partial charge in [-0.25, -0.2) is 0 Å². The third-order valence-corrected chi connectivity index (χ3v) is 3.96. The summed E-state index contributed by atoms with van der Waals surface area (Å²) in [7, 11) is 0. The van der Waals surface area contributed by atoms with Crippen LogP contribution in [0.1, 0.15) is 45.0 Å². The molecule has 1 fully saturated rings. The summed E-state index contributed by atoms with van der Waals surface area (Å²) >= 11 is 0. The van der Waals surface area contributed by atoms with Crippen molar-refractivity contribution in [1.82, 2.24) is 15.2 Å². The van der Waals surface area contributed by atoms with Gasteiger partial charge in [0.15, 0.2) is 0 Å². The van der Waals surface area contributed by atoms with Crippen LogP contribution in [-0.4, -0.2) is 35.1 Å². The van der Waals surface area contributed by atoms with Crippen LogP contribution in [0.15, 0.2) is 18.2 Å². The molecule has 112 valence electrons. The third-order valence-electron chi connectivity index (χ3n) is 3.96. The Morgan fingerprint density at radius 1 is 1.25 bits per heavy atom. The Labute approximate surface area is 123 Å². The number of rotatable bonds is 4. The van der Waals surface area contributed by atoms with E-state index in [9.17, 15) is 0 Å². The Kier molecular flexibility index (Phi) is 5.17. The van der Waals surface area contributed by atoms with E-state index in [0.717, 1.165) is 24.7 Å². The molecule has 0 aliphatic carbocycles. The lowest BCUT2D eigenvalue weighted by atomic mass is 9.95. The maximum Gasteiger partial charge on any atom is 0.0547 e. The third kappa shape index (κ3) is 5.22. The Morgan fingerprint density at radius 3 is 2.55 bits per heavy atom. The Balaban J connectivity index is 1.74. The van der Waals surface area contributed by atoms with Gasteiger partial charge in [-0.05, 0) is 78.2 Å². The zero-order chi connectivity index (χ0) is 14.6. The summed E-state index contributed by atoms with van der Waals surface area (Å²) in [5.74, 6) is 0.830. The first-order chi connectivity index (χ1) is 9.42. The molecule has 0 amide bonds. The lowest BCUT2D eigenvalue weighted by Crippen LogP contribution is -2.42. The zero-order valence-corrected chi connectivity index (χ0v) is 13.4. The zero-order valence-electron chi connectivity index (χ0n) is 13.4. The molecule has 0 atom stereocenters. The van der Waals surface area contributed by atoms with Gasteiger partial charge in [0.25, 0.3) is 0 Å². The van der Waals surface area contributed by atoms with Crippen LogP contribution >= 0.6 is 0 Å². The summed E-state index contributed by atoms with van der Waals surface area (Å²) < 4.78 is 0. The van der Waals surface area contributed by atoms with Crippen molar-refractivity contribution in [3.8, 4) is 0 Å². The molecule has 0 bridgehead atoms. The molecule has 0 saturated carbocycles. The standard InChI is InChI=1S/C17H29N3/c1-14-6-5-7-16(19-14)13-20-10-8-15(9-11-20)12-18-17(2,3)4/h5-7,15,18H,8-13H2,1-4H3. The fourth-order valence-electron chi connectivity index (χ4n) is 2.72. The molecule has 1 aromatic heterocycles. The normalized spacial score (nSPS) is 18.4. The minimum Gasteiger partial charge on any atom is -0.312 e. The Hall–Kier alpha value is -0.930. The van der Waals surface area contributed by atoms with Crippen molar-refractivity contribution in [2.45, 2.75) is 52.6 Å². The van der Waals surface area contributed by atoms with Gasteiger partial charge in [0, 0.05) is 17.8 Å². The molecular weight excluding hydrogens is 246 g/mol. The molecule has 1 N–H and O–H groups in total. The predicted octanol–water partition coefficient (Wildman–Crippen LogP) is 2.99. The van der Waals surface area contributed by atoms with Crippen molar-refractivity contribution >= 4 is 0 Å². The Bertz CT molecular complexity index is 414. The molecule has 0 unspecified atom stereocenters. The Morgan fingerprint density at radius 2 is 1.95 bits per heavy atom. The highest BCUT2D eigenvalue weighted by Gasteiger charge is 2.21. The average molecular weight is 275 g/mol. The first-order valence-electron chi connectivity index (χ1n) is 7.82. The number of aromatic nitrogens is 1. The van der Waals surface area contributed by atoms with E-state index >= 15 is 0 Å². The average Bonchev–Trinajstić information content (AvgIpc) is 2.37. The molecule has 0 aromatic carbocycles. The van der Waals surface area contributed by atoms with Crippen molar-refractivity contribution in [2.24, 2.45) is 5.92 Å². The van der Waals surface area contributed by atoms with Crippen molar-refractivity contribution in [1.29, 1.82) is 0 Å². The molecule has 1 aromatic rings.